The van der Waals surface area contributed by atoms with Gasteiger partial charge in [0.2, 0.25) is 15.1 Å². The van der Waals surface area contributed by atoms with Crippen LogP contribution < -0.4 is 19.7 Å². The zero-order valence-electron chi connectivity index (χ0n) is 17.4. The summed E-state index contributed by atoms with van der Waals surface area (Å²) in [7, 11) is 2.38. The fraction of sp³-hybridized carbons (Fsp3) is 0.200. The number of aromatic nitrogens is 1. The molecule has 0 bridgehead atoms. The third-order valence-electron chi connectivity index (χ3n) is 4.27. The highest BCUT2D eigenvalue weighted by Crippen LogP contribution is 2.35. The molecular weight excluding hydrogens is 440 g/mol. The summed E-state index contributed by atoms with van der Waals surface area (Å²) >= 11 is 1.15. The predicted octanol–water partition coefficient (Wildman–Crippen LogP) is 3.86. The number of urea groups is 1. The Labute approximate surface area is 184 Å². The van der Waals surface area contributed by atoms with Crippen LogP contribution in [0.15, 0.2) is 59.6 Å². The number of nitrogens with zero attached hydrogens (tertiary/aromatic N) is 3. The lowest BCUT2D eigenvalue weighted by Gasteiger charge is -2.19. The van der Waals surface area contributed by atoms with E-state index in [0.717, 1.165) is 15.6 Å². The number of ether oxygens (including phenoxy) is 2. The first-order valence-corrected chi connectivity index (χ1v) is 11.3. The van der Waals surface area contributed by atoms with Gasteiger partial charge < -0.3 is 9.47 Å². The van der Waals surface area contributed by atoms with E-state index in [-0.39, 0.29) is 4.90 Å². The average molecular weight is 463 g/mol. The van der Waals surface area contributed by atoms with Gasteiger partial charge in [0, 0.05) is 26.8 Å². The highest BCUT2D eigenvalue weighted by Gasteiger charge is 2.20. The summed E-state index contributed by atoms with van der Waals surface area (Å²) in [6, 6.07) is 12.9. The Balaban J connectivity index is 1.71. The van der Waals surface area contributed by atoms with Crippen molar-refractivity contribution in [1.82, 2.24) is 9.29 Å². The minimum absolute atomic E-state index is 0.0939. The van der Waals surface area contributed by atoms with E-state index in [1.165, 1.54) is 44.4 Å². The van der Waals surface area contributed by atoms with Crippen LogP contribution in [0, 0.1) is 0 Å². The third kappa shape index (κ3) is 5.13. The van der Waals surface area contributed by atoms with Crippen LogP contribution in [0.5, 0.6) is 16.6 Å². The number of sulfonamides is 1. The van der Waals surface area contributed by atoms with E-state index >= 15 is 0 Å². The summed E-state index contributed by atoms with van der Waals surface area (Å²) in [5.74, 6) is 1.11. The van der Waals surface area contributed by atoms with Gasteiger partial charge in [-0.2, -0.15) is 0 Å². The molecule has 1 heterocycles. The second-order valence-electron chi connectivity index (χ2n) is 6.51. The van der Waals surface area contributed by atoms with E-state index in [4.69, 9.17) is 9.47 Å². The second-order valence-corrected chi connectivity index (χ2v) is 9.66. The fourth-order valence-electron chi connectivity index (χ4n) is 2.53. The minimum Gasteiger partial charge on any atom is -0.493 e. The van der Waals surface area contributed by atoms with Gasteiger partial charge >= 0.3 is 6.03 Å². The van der Waals surface area contributed by atoms with Gasteiger partial charge in [-0.1, -0.05) is 29.5 Å². The van der Waals surface area contributed by atoms with Gasteiger partial charge in [-0.3, -0.25) is 10.2 Å². The number of anilines is 2. The lowest BCUT2D eigenvalue weighted by molar-refractivity contribution is 0.258. The summed E-state index contributed by atoms with van der Waals surface area (Å²) in [6.45, 7) is 0. The van der Waals surface area contributed by atoms with Crippen molar-refractivity contribution in [2.75, 3.05) is 38.5 Å². The zero-order chi connectivity index (χ0) is 22.6. The molecule has 0 atom stereocenters. The number of benzene rings is 2. The molecule has 2 aromatic carbocycles. The van der Waals surface area contributed by atoms with Crippen molar-refractivity contribution in [1.29, 1.82) is 0 Å². The molecule has 0 aliphatic heterocycles. The summed E-state index contributed by atoms with van der Waals surface area (Å²) in [5.41, 5.74) is 0.419. The molecule has 0 radical (unpaired) electrons. The maximum Gasteiger partial charge on any atom is 0.327 e. The number of para-hydroxylation sites is 2. The number of hydrogen-bond donors (Lipinski definition) is 1. The average Bonchev–Trinajstić information content (AvgIpc) is 3.20. The molecule has 3 rings (SSSR count). The number of carbonyl (C=O) groups excluding carboxylic acids is 1. The van der Waals surface area contributed by atoms with Crippen LogP contribution in [-0.4, -0.2) is 52.0 Å². The van der Waals surface area contributed by atoms with Crippen LogP contribution in [0.1, 0.15) is 0 Å². The van der Waals surface area contributed by atoms with Crippen molar-refractivity contribution in [3.8, 4) is 16.6 Å². The van der Waals surface area contributed by atoms with Crippen LogP contribution in [0.4, 0.5) is 15.6 Å². The first kappa shape index (κ1) is 22.5. The Morgan fingerprint density at radius 3 is 2.45 bits per heavy atom. The van der Waals surface area contributed by atoms with Crippen molar-refractivity contribution < 1.29 is 22.7 Å². The van der Waals surface area contributed by atoms with Gasteiger partial charge in [0.05, 0.1) is 18.2 Å². The Kier molecular flexibility index (Phi) is 6.78. The number of carbonyl (C=O) groups is 1. The van der Waals surface area contributed by atoms with Gasteiger partial charge in [0.25, 0.3) is 0 Å². The first-order chi connectivity index (χ1) is 14.7. The summed E-state index contributed by atoms with van der Waals surface area (Å²) in [6.07, 6.45) is 1.50. The molecule has 0 aliphatic rings. The Bertz CT molecular complexity index is 1180. The molecule has 0 saturated heterocycles. The number of methoxy groups -OCH3 is 1. The van der Waals surface area contributed by atoms with E-state index in [9.17, 15) is 13.2 Å². The number of hydrogen-bond acceptors (Lipinski definition) is 7. The van der Waals surface area contributed by atoms with E-state index in [1.807, 2.05) is 12.1 Å². The summed E-state index contributed by atoms with van der Waals surface area (Å²) < 4.78 is 36.8. The lowest BCUT2D eigenvalue weighted by atomic mass is 10.3. The topological polar surface area (TPSA) is 101 Å². The number of nitrogens with one attached hydrogen (secondary N) is 1. The van der Waals surface area contributed by atoms with E-state index < -0.39 is 16.1 Å². The van der Waals surface area contributed by atoms with Gasteiger partial charge in [-0.15, -0.1) is 0 Å². The molecule has 0 aliphatic carbocycles. The van der Waals surface area contributed by atoms with Gasteiger partial charge in [0.1, 0.15) is 0 Å². The van der Waals surface area contributed by atoms with Crippen molar-refractivity contribution in [3.05, 3.63) is 54.7 Å². The molecule has 2 amide bonds. The normalized spacial score (nSPS) is 11.3. The van der Waals surface area contributed by atoms with Crippen LogP contribution in [0.2, 0.25) is 0 Å². The highest BCUT2D eigenvalue weighted by molar-refractivity contribution is 7.89. The lowest BCUT2D eigenvalue weighted by Crippen LogP contribution is -2.31. The second kappa shape index (κ2) is 9.33. The molecule has 31 heavy (non-hydrogen) atoms. The summed E-state index contributed by atoms with van der Waals surface area (Å²) in [5, 5.41) is 3.49. The molecule has 9 nitrogen and oxygen atoms in total. The van der Waals surface area contributed by atoms with Gasteiger partial charge in [0.15, 0.2) is 16.6 Å². The van der Waals surface area contributed by atoms with Crippen LogP contribution in [0.3, 0.4) is 0 Å². The quantitative estimate of drug-likeness (QED) is 0.572. The molecule has 164 valence electrons. The molecule has 0 spiro atoms. The van der Waals surface area contributed by atoms with Gasteiger partial charge in [-0.25, -0.2) is 22.5 Å². The first-order valence-electron chi connectivity index (χ1n) is 9.06. The van der Waals surface area contributed by atoms with Crippen molar-refractivity contribution in [3.63, 3.8) is 0 Å². The maximum atomic E-state index is 12.6. The van der Waals surface area contributed by atoms with Crippen LogP contribution in [0.25, 0.3) is 0 Å². The van der Waals surface area contributed by atoms with E-state index in [1.54, 1.807) is 31.4 Å². The molecule has 1 N–H and O–H groups in total. The van der Waals surface area contributed by atoms with Crippen molar-refractivity contribution in [2.45, 2.75) is 4.90 Å². The Morgan fingerprint density at radius 1 is 1.06 bits per heavy atom. The molecule has 3 aromatic rings. The number of rotatable bonds is 7. The molecule has 11 heteroatoms. The Morgan fingerprint density at radius 2 is 1.77 bits per heavy atom. The number of thiazole rings is 1. The van der Waals surface area contributed by atoms with Gasteiger partial charge in [-0.05, 0) is 30.3 Å². The SMILES string of the molecule is COc1ccccc1Oc1cnc(NC(=O)N(C)c2cccc(S(=O)(=O)N(C)C)c2)s1. The van der Waals surface area contributed by atoms with Crippen molar-refractivity contribution in [2.24, 2.45) is 0 Å². The zero-order valence-corrected chi connectivity index (χ0v) is 19.0. The van der Waals surface area contributed by atoms with Crippen LogP contribution in [-0.2, 0) is 10.0 Å². The van der Waals surface area contributed by atoms with E-state index in [0.29, 0.717) is 27.4 Å². The highest BCUT2D eigenvalue weighted by atomic mass is 32.2. The molecule has 0 saturated carbocycles. The standard InChI is InChI=1S/C20H22N4O5S2/c1-23(2)31(26,27)15-9-7-8-14(12-15)24(3)20(25)22-19-21-13-18(30-19)29-17-11-6-5-10-16(17)28-4/h5-13H,1-4H3,(H,21,22,25). The Hall–Kier alpha value is -3.15. The minimum atomic E-state index is -3.61. The smallest absolute Gasteiger partial charge is 0.327 e. The largest absolute Gasteiger partial charge is 0.493 e. The number of amides is 2. The molecular formula is C20H22N4O5S2. The maximum absolute atomic E-state index is 12.6. The summed E-state index contributed by atoms with van der Waals surface area (Å²) in [4.78, 5) is 18.2. The molecule has 1 aromatic heterocycles. The predicted molar refractivity (Wildman–Crippen MR) is 120 cm³/mol. The molecule has 0 unspecified atom stereocenters. The monoisotopic (exact) mass is 462 g/mol. The third-order valence-corrected chi connectivity index (χ3v) is 6.87. The van der Waals surface area contributed by atoms with Crippen molar-refractivity contribution >= 4 is 38.2 Å². The fourth-order valence-corrected chi connectivity index (χ4v) is 4.14. The van der Waals surface area contributed by atoms with E-state index in [2.05, 4.69) is 10.3 Å². The molecule has 0 fully saturated rings. The van der Waals surface area contributed by atoms with Crippen LogP contribution >= 0.6 is 11.3 Å².